The van der Waals surface area contributed by atoms with Gasteiger partial charge < -0.3 is 10.1 Å². The van der Waals surface area contributed by atoms with Crippen LogP contribution in [0, 0.1) is 5.41 Å². The minimum atomic E-state index is 0.0652. The van der Waals surface area contributed by atoms with E-state index in [4.69, 9.17) is 4.74 Å². The molecule has 0 heterocycles. The molecule has 0 atom stereocenters. The van der Waals surface area contributed by atoms with E-state index in [-0.39, 0.29) is 11.3 Å². The molecule has 3 heteroatoms. The van der Waals surface area contributed by atoms with Crippen LogP contribution in [-0.2, 0) is 9.53 Å². The number of carbonyl (C=O) groups is 1. The van der Waals surface area contributed by atoms with Gasteiger partial charge in [0.15, 0.2) is 0 Å². The molecule has 0 unspecified atom stereocenters. The second-order valence-electron chi connectivity index (χ2n) is 4.28. The molecule has 0 aliphatic carbocycles. The van der Waals surface area contributed by atoms with Gasteiger partial charge in [0.2, 0.25) is 5.91 Å². The Morgan fingerprint density at radius 2 is 2.00 bits per heavy atom. The number of rotatable bonds is 5. The van der Waals surface area contributed by atoms with Crippen LogP contribution in [0.25, 0.3) is 0 Å². The van der Waals surface area contributed by atoms with Crippen LogP contribution in [0.4, 0.5) is 0 Å². The summed E-state index contributed by atoms with van der Waals surface area (Å²) in [5, 5.41) is 2.81. The van der Waals surface area contributed by atoms with Crippen molar-refractivity contribution in [3.05, 3.63) is 0 Å². The highest BCUT2D eigenvalue weighted by Gasteiger charge is 2.14. The zero-order valence-corrected chi connectivity index (χ0v) is 9.14. The van der Waals surface area contributed by atoms with E-state index >= 15 is 0 Å². The summed E-state index contributed by atoms with van der Waals surface area (Å²) >= 11 is 0. The highest BCUT2D eigenvalue weighted by molar-refractivity contribution is 5.76. The lowest BCUT2D eigenvalue weighted by Gasteiger charge is -2.17. The van der Waals surface area contributed by atoms with Crippen molar-refractivity contribution in [2.24, 2.45) is 5.41 Å². The predicted octanol–water partition coefficient (Wildman–Crippen LogP) is 1.58. The fourth-order valence-electron chi connectivity index (χ4n) is 0.951. The third-order valence-corrected chi connectivity index (χ3v) is 1.46. The highest BCUT2D eigenvalue weighted by atomic mass is 16.5. The topological polar surface area (TPSA) is 38.3 Å². The zero-order valence-electron chi connectivity index (χ0n) is 9.14. The molecule has 1 N–H and O–H groups in total. The summed E-state index contributed by atoms with van der Waals surface area (Å²) in [7, 11) is 0. The Morgan fingerprint density at radius 1 is 1.38 bits per heavy atom. The summed E-state index contributed by atoms with van der Waals surface area (Å²) in [4.78, 5) is 11.3. The fraction of sp³-hybridized carbons (Fsp3) is 0.900. The second kappa shape index (κ2) is 5.97. The van der Waals surface area contributed by atoms with Crippen molar-refractivity contribution in [2.45, 2.75) is 34.1 Å². The molecule has 0 rings (SSSR count). The summed E-state index contributed by atoms with van der Waals surface area (Å²) in [6.07, 6.45) is 0.569. The minimum absolute atomic E-state index is 0.0652. The Morgan fingerprint density at radius 3 is 2.46 bits per heavy atom. The summed E-state index contributed by atoms with van der Waals surface area (Å²) in [5.74, 6) is 0.104. The van der Waals surface area contributed by atoms with Crippen LogP contribution in [0.3, 0.4) is 0 Å². The van der Waals surface area contributed by atoms with Crippen molar-refractivity contribution < 1.29 is 9.53 Å². The third-order valence-electron chi connectivity index (χ3n) is 1.46. The lowest BCUT2D eigenvalue weighted by atomic mass is 9.92. The molecule has 0 aromatic rings. The first-order chi connectivity index (χ1) is 5.95. The van der Waals surface area contributed by atoms with Crippen molar-refractivity contribution in [1.29, 1.82) is 0 Å². The number of amides is 1. The Kier molecular flexibility index (Phi) is 5.71. The SMILES string of the molecule is CCOCCNC(=O)CC(C)(C)C. The minimum Gasteiger partial charge on any atom is -0.380 e. The average molecular weight is 187 g/mol. The monoisotopic (exact) mass is 187 g/mol. The smallest absolute Gasteiger partial charge is 0.220 e. The molecule has 0 bridgehead atoms. The Bertz CT molecular complexity index is 149. The first kappa shape index (κ1) is 12.4. The third kappa shape index (κ3) is 9.34. The number of ether oxygens (including phenoxy) is 1. The molecule has 3 nitrogen and oxygen atoms in total. The summed E-state index contributed by atoms with van der Waals surface area (Å²) < 4.78 is 5.10. The molecule has 1 amide bonds. The first-order valence-corrected chi connectivity index (χ1v) is 4.80. The van der Waals surface area contributed by atoms with Crippen LogP contribution in [0.2, 0.25) is 0 Å². The summed E-state index contributed by atoms with van der Waals surface area (Å²) in [6.45, 7) is 10.0. The van der Waals surface area contributed by atoms with E-state index in [1.807, 2.05) is 6.92 Å². The highest BCUT2D eigenvalue weighted by Crippen LogP contribution is 2.17. The molecule has 13 heavy (non-hydrogen) atoms. The standard InChI is InChI=1S/C10H21NO2/c1-5-13-7-6-11-9(12)8-10(2,3)4/h5-8H2,1-4H3,(H,11,12). The number of hydrogen-bond acceptors (Lipinski definition) is 2. The van der Waals surface area contributed by atoms with E-state index < -0.39 is 0 Å². The largest absolute Gasteiger partial charge is 0.380 e. The number of carbonyl (C=O) groups excluding carboxylic acids is 1. The Balaban J connectivity index is 3.41. The summed E-state index contributed by atoms with van der Waals surface area (Å²) in [6, 6.07) is 0. The average Bonchev–Trinajstić information content (AvgIpc) is 1.94. The van der Waals surface area contributed by atoms with Gasteiger partial charge >= 0.3 is 0 Å². The van der Waals surface area contributed by atoms with Gasteiger partial charge in [0.1, 0.15) is 0 Å². The van der Waals surface area contributed by atoms with Gasteiger partial charge in [-0.1, -0.05) is 20.8 Å². The second-order valence-corrected chi connectivity index (χ2v) is 4.28. The van der Waals surface area contributed by atoms with Crippen LogP contribution in [0.5, 0.6) is 0 Å². The Labute approximate surface area is 80.8 Å². The van der Waals surface area contributed by atoms with Gasteiger partial charge in [-0.2, -0.15) is 0 Å². The zero-order chi connectivity index (χ0) is 10.3. The van der Waals surface area contributed by atoms with E-state index in [0.717, 1.165) is 0 Å². The molecule has 0 spiro atoms. The van der Waals surface area contributed by atoms with Gasteiger partial charge in [-0.25, -0.2) is 0 Å². The number of hydrogen-bond donors (Lipinski definition) is 1. The van der Waals surface area contributed by atoms with Gasteiger partial charge in [0.25, 0.3) is 0 Å². The fourth-order valence-corrected chi connectivity index (χ4v) is 0.951. The molecular formula is C10H21NO2. The quantitative estimate of drug-likeness (QED) is 0.663. The van der Waals surface area contributed by atoms with E-state index in [9.17, 15) is 4.79 Å². The van der Waals surface area contributed by atoms with E-state index in [0.29, 0.717) is 26.2 Å². The van der Waals surface area contributed by atoms with E-state index in [1.165, 1.54) is 0 Å². The summed E-state index contributed by atoms with van der Waals surface area (Å²) in [5.41, 5.74) is 0.0652. The number of nitrogens with one attached hydrogen (secondary N) is 1. The van der Waals surface area contributed by atoms with Crippen LogP contribution in [0.15, 0.2) is 0 Å². The van der Waals surface area contributed by atoms with Crippen molar-refractivity contribution in [3.8, 4) is 0 Å². The van der Waals surface area contributed by atoms with Crippen LogP contribution in [-0.4, -0.2) is 25.7 Å². The molecule has 0 aromatic carbocycles. The lowest BCUT2D eigenvalue weighted by Crippen LogP contribution is -2.30. The molecule has 0 aliphatic rings. The maximum Gasteiger partial charge on any atom is 0.220 e. The molecular weight excluding hydrogens is 166 g/mol. The van der Waals surface area contributed by atoms with Gasteiger partial charge in [-0.05, 0) is 12.3 Å². The molecule has 0 fully saturated rings. The molecule has 0 aliphatic heterocycles. The van der Waals surface area contributed by atoms with Crippen molar-refractivity contribution in [3.63, 3.8) is 0 Å². The van der Waals surface area contributed by atoms with Gasteiger partial charge in [-0.3, -0.25) is 4.79 Å². The molecule has 0 saturated heterocycles. The van der Waals surface area contributed by atoms with Crippen molar-refractivity contribution in [1.82, 2.24) is 5.32 Å². The molecule has 0 saturated carbocycles. The van der Waals surface area contributed by atoms with E-state index in [2.05, 4.69) is 26.1 Å². The normalized spacial score (nSPS) is 11.4. The van der Waals surface area contributed by atoms with Crippen molar-refractivity contribution in [2.75, 3.05) is 19.8 Å². The first-order valence-electron chi connectivity index (χ1n) is 4.80. The van der Waals surface area contributed by atoms with Crippen LogP contribution in [0.1, 0.15) is 34.1 Å². The van der Waals surface area contributed by atoms with Gasteiger partial charge in [-0.15, -0.1) is 0 Å². The molecule has 0 aromatic heterocycles. The molecule has 78 valence electrons. The van der Waals surface area contributed by atoms with Crippen LogP contribution >= 0.6 is 0 Å². The van der Waals surface area contributed by atoms with E-state index in [1.54, 1.807) is 0 Å². The van der Waals surface area contributed by atoms with Gasteiger partial charge in [0.05, 0.1) is 6.61 Å². The maximum atomic E-state index is 11.3. The maximum absolute atomic E-state index is 11.3. The van der Waals surface area contributed by atoms with Crippen molar-refractivity contribution >= 4 is 5.91 Å². The Hall–Kier alpha value is -0.570. The van der Waals surface area contributed by atoms with Gasteiger partial charge in [0, 0.05) is 19.6 Å². The molecule has 0 radical (unpaired) electrons. The lowest BCUT2D eigenvalue weighted by molar-refractivity contribution is -0.123. The predicted molar refractivity (Wildman–Crippen MR) is 53.6 cm³/mol. The van der Waals surface area contributed by atoms with Crippen LogP contribution < -0.4 is 5.32 Å².